The first kappa shape index (κ1) is 20.3. The Bertz CT molecular complexity index is 948. The van der Waals surface area contributed by atoms with Crippen molar-refractivity contribution in [3.05, 3.63) is 65.5 Å². The number of sulfonamides is 1. The van der Waals surface area contributed by atoms with Crippen LogP contribution in [0.3, 0.4) is 0 Å². The van der Waals surface area contributed by atoms with Crippen LogP contribution in [0, 0.1) is 5.82 Å². The number of benzene rings is 2. The van der Waals surface area contributed by atoms with Crippen molar-refractivity contribution in [1.29, 1.82) is 0 Å². The maximum absolute atomic E-state index is 14.2. The minimum Gasteiger partial charge on any atom is -0.486 e. The van der Waals surface area contributed by atoms with Crippen molar-refractivity contribution in [2.45, 2.75) is 18.4 Å². The molecular formula is C20H22FNO5S. The van der Waals surface area contributed by atoms with Gasteiger partial charge in [0.1, 0.15) is 6.10 Å². The molecule has 0 spiro atoms. The topological polar surface area (TPSA) is 72.9 Å². The van der Waals surface area contributed by atoms with Crippen LogP contribution in [-0.4, -0.2) is 51.3 Å². The molecule has 0 N–H and O–H groups in total. The standard InChI is InChI=1S/C20H22FNO5S/c1-26-20(23)15-8-9-18(21)19(11-15)27-17-10-16(14-6-4-3-5-7-14)12-22(13-17)28(2,24)25/h3-9,11,16-17H,10,12-13H2,1-2H3/t16-,17+/m0/s1. The fourth-order valence-corrected chi connectivity index (χ4v) is 4.24. The predicted molar refractivity (Wildman–Crippen MR) is 102 cm³/mol. The van der Waals surface area contributed by atoms with Crippen LogP contribution < -0.4 is 4.74 Å². The lowest BCUT2D eigenvalue weighted by Gasteiger charge is -2.36. The summed E-state index contributed by atoms with van der Waals surface area (Å²) in [6, 6.07) is 13.3. The number of carbonyl (C=O) groups excluding carboxylic acids is 1. The van der Waals surface area contributed by atoms with Crippen molar-refractivity contribution < 1.29 is 27.1 Å². The second kappa shape index (κ2) is 8.28. The molecule has 1 heterocycles. The highest BCUT2D eigenvalue weighted by atomic mass is 32.2. The van der Waals surface area contributed by atoms with Crippen molar-refractivity contribution in [1.82, 2.24) is 4.31 Å². The number of hydrogen-bond acceptors (Lipinski definition) is 5. The predicted octanol–water partition coefficient (Wildman–Crippen LogP) is 2.81. The molecule has 1 aliphatic rings. The van der Waals surface area contributed by atoms with E-state index >= 15 is 0 Å². The van der Waals surface area contributed by atoms with Gasteiger partial charge in [-0.05, 0) is 30.2 Å². The van der Waals surface area contributed by atoms with Crippen molar-refractivity contribution in [2.24, 2.45) is 0 Å². The third kappa shape index (κ3) is 4.69. The molecule has 3 rings (SSSR count). The quantitative estimate of drug-likeness (QED) is 0.713. The van der Waals surface area contributed by atoms with Crippen LogP contribution in [0.5, 0.6) is 5.75 Å². The van der Waals surface area contributed by atoms with Gasteiger partial charge in [0, 0.05) is 12.5 Å². The van der Waals surface area contributed by atoms with Crippen LogP contribution in [-0.2, 0) is 14.8 Å². The van der Waals surface area contributed by atoms with Crippen molar-refractivity contribution >= 4 is 16.0 Å². The monoisotopic (exact) mass is 407 g/mol. The Kier molecular flexibility index (Phi) is 6.00. The van der Waals surface area contributed by atoms with Gasteiger partial charge in [-0.25, -0.2) is 17.6 Å². The van der Waals surface area contributed by atoms with Gasteiger partial charge in [-0.1, -0.05) is 30.3 Å². The molecule has 0 saturated carbocycles. The molecule has 1 fully saturated rings. The highest BCUT2D eigenvalue weighted by Crippen LogP contribution is 2.31. The molecule has 0 bridgehead atoms. The Morgan fingerprint density at radius 2 is 1.86 bits per heavy atom. The van der Waals surface area contributed by atoms with E-state index in [4.69, 9.17) is 4.74 Å². The first-order valence-electron chi connectivity index (χ1n) is 8.82. The molecule has 0 aliphatic carbocycles. The van der Waals surface area contributed by atoms with Crippen LogP contribution >= 0.6 is 0 Å². The Morgan fingerprint density at radius 3 is 2.50 bits per heavy atom. The summed E-state index contributed by atoms with van der Waals surface area (Å²) in [6.45, 7) is 0.456. The van der Waals surface area contributed by atoms with Gasteiger partial charge < -0.3 is 9.47 Å². The van der Waals surface area contributed by atoms with Crippen LogP contribution in [0.1, 0.15) is 28.3 Å². The maximum Gasteiger partial charge on any atom is 0.337 e. The fraction of sp³-hybridized carbons (Fsp3) is 0.350. The van der Waals surface area contributed by atoms with E-state index in [-0.39, 0.29) is 23.8 Å². The zero-order valence-electron chi connectivity index (χ0n) is 15.7. The van der Waals surface area contributed by atoms with Crippen LogP contribution in [0.2, 0.25) is 0 Å². The molecule has 0 radical (unpaired) electrons. The average Bonchev–Trinajstić information content (AvgIpc) is 2.69. The van der Waals surface area contributed by atoms with Crippen LogP contribution in [0.25, 0.3) is 0 Å². The van der Waals surface area contributed by atoms with E-state index in [2.05, 4.69) is 4.74 Å². The van der Waals surface area contributed by atoms with E-state index in [9.17, 15) is 17.6 Å². The molecule has 2 aromatic carbocycles. The van der Waals surface area contributed by atoms with Crippen LogP contribution in [0.15, 0.2) is 48.5 Å². The first-order chi connectivity index (χ1) is 13.3. The second-order valence-electron chi connectivity index (χ2n) is 6.80. The number of carbonyl (C=O) groups is 1. The van der Waals surface area contributed by atoms with Crippen molar-refractivity contribution in [3.63, 3.8) is 0 Å². The van der Waals surface area contributed by atoms with Gasteiger partial charge >= 0.3 is 5.97 Å². The molecule has 150 valence electrons. The molecule has 1 saturated heterocycles. The Morgan fingerprint density at radius 1 is 1.14 bits per heavy atom. The van der Waals surface area contributed by atoms with Gasteiger partial charge in [-0.15, -0.1) is 0 Å². The largest absolute Gasteiger partial charge is 0.486 e. The summed E-state index contributed by atoms with van der Waals surface area (Å²) in [5, 5.41) is 0. The number of piperidine rings is 1. The number of ether oxygens (including phenoxy) is 2. The Labute approximate surface area is 163 Å². The molecule has 2 aromatic rings. The van der Waals surface area contributed by atoms with E-state index in [1.807, 2.05) is 30.3 Å². The summed E-state index contributed by atoms with van der Waals surface area (Å²) >= 11 is 0. The highest BCUT2D eigenvalue weighted by molar-refractivity contribution is 7.88. The van der Waals surface area contributed by atoms with Gasteiger partial charge in [0.15, 0.2) is 11.6 Å². The number of halogens is 1. The summed E-state index contributed by atoms with van der Waals surface area (Å²) in [6.07, 6.45) is 1.12. The zero-order valence-corrected chi connectivity index (χ0v) is 16.5. The first-order valence-corrected chi connectivity index (χ1v) is 10.7. The number of esters is 1. The SMILES string of the molecule is COC(=O)c1ccc(F)c(O[C@@H]2C[C@H](c3ccccc3)CN(S(C)(=O)=O)C2)c1. The van der Waals surface area contributed by atoms with Gasteiger partial charge in [0.05, 0.1) is 25.5 Å². The van der Waals surface area contributed by atoms with Gasteiger partial charge in [0.2, 0.25) is 10.0 Å². The number of rotatable bonds is 5. The van der Waals surface area contributed by atoms with Crippen LogP contribution in [0.4, 0.5) is 4.39 Å². The lowest BCUT2D eigenvalue weighted by molar-refractivity contribution is 0.0599. The molecule has 6 nitrogen and oxygen atoms in total. The Balaban J connectivity index is 1.87. The van der Waals surface area contributed by atoms with E-state index in [1.165, 1.54) is 23.5 Å². The van der Waals surface area contributed by atoms with Gasteiger partial charge in [-0.2, -0.15) is 4.31 Å². The second-order valence-corrected chi connectivity index (χ2v) is 8.78. The molecular weight excluding hydrogens is 385 g/mol. The summed E-state index contributed by atoms with van der Waals surface area (Å²) in [4.78, 5) is 11.7. The molecule has 2 atom stereocenters. The number of methoxy groups -OCH3 is 1. The maximum atomic E-state index is 14.2. The third-order valence-electron chi connectivity index (χ3n) is 4.76. The molecule has 0 unspecified atom stereocenters. The van der Waals surface area contributed by atoms with E-state index in [1.54, 1.807) is 0 Å². The summed E-state index contributed by atoms with van der Waals surface area (Å²) in [7, 11) is -2.20. The zero-order chi connectivity index (χ0) is 20.3. The summed E-state index contributed by atoms with van der Waals surface area (Å²) in [5.41, 5.74) is 1.16. The average molecular weight is 407 g/mol. The lowest BCUT2D eigenvalue weighted by Crippen LogP contribution is -2.47. The molecule has 0 aromatic heterocycles. The normalized spacial score (nSPS) is 20.5. The van der Waals surface area contributed by atoms with Gasteiger partial charge in [-0.3, -0.25) is 0 Å². The van der Waals surface area contributed by atoms with Crippen molar-refractivity contribution in [3.8, 4) is 5.75 Å². The Hall–Kier alpha value is -2.45. The molecule has 1 aliphatic heterocycles. The number of nitrogens with zero attached hydrogens (tertiary/aromatic N) is 1. The summed E-state index contributed by atoms with van der Waals surface area (Å²) in [5.74, 6) is -1.41. The highest BCUT2D eigenvalue weighted by Gasteiger charge is 2.34. The third-order valence-corrected chi connectivity index (χ3v) is 6.00. The van der Waals surface area contributed by atoms with E-state index in [0.29, 0.717) is 13.0 Å². The summed E-state index contributed by atoms with van der Waals surface area (Å²) < 4.78 is 50.3. The van der Waals surface area contributed by atoms with E-state index in [0.717, 1.165) is 17.9 Å². The number of hydrogen-bond donors (Lipinski definition) is 0. The minimum absolute atomic E-state index is 0.0819. The minimum atomic E-state index is -3.44. The fourth-order valence-electron chi connectivity index (χ4n) is 3.35. The van der Waals surface area contributed by atoms with Crippen molar-refractivity contribution in [2.75, 3.05) is 26.5 Å². The smallest absolute Gasteiger partial charge is 0.337 e. The van der Waals surface area contributed by atoms with Gasteiger partial charge in [0.25, 0.3) is 0 Å². The lowest BCUT2D eigenvalue weighted by atomic mass is 9.90. The van der Waals surface area contributed by atoms with E-state index < -0.39 is 27.9 Å². The molecule has 0 amide bonds. The molecule has 28 heavy (non-hydrogen) atoms. The molecule has 8 heteroatoms.